The van der Waals surface area contributed by atoms with Crippen molar-refractivity contribution in [2.24, 2.45) is 0 Å². The van der Waals surface area contributed by atoms with Crippen molar-refractivity contribution in [2.75, 3.05) is 5.73 Å². The Morgan fingerprint density at radius 1 is 1.44 bits per heavy atom. The fourth-order valence-electron chi connectivity index (χ4n) is 1.36. The summed E-state index contributed by atoms with van der Waals surface area (Å²) in [5.41, 5.74) is 5.31. The second kappa shape index (κ2) is 4.70. The lowest BCUT2D eigenvalue weighted by atomic mass is 10.3. The average molecular weight is 271 g/mol. The molecule has 0 spiro atoms. The molecule has 9 heteroatoms. The van der Waals surface area contributed by atoms with Crippen LogP contribution < -0.4 is 10.5 Å². The van der Waals surface area contributed by atoms with Gasteiger partial charge >= 0.3 is 0 Å². The number of nitrogens with two attached hydrogens (primary N) is 1. The van der Waals surface area contributed by atoms with Gasteiger partial charge in [0.05, 0.1) is 12.2 Å². The molecule has 2 rings (SSSR count). The minimum Gasteiger partial charge on any atom is -0.398 e. The fraction of sp³-hybridized carbons (Fsp3) is 0.111. The molecule has 0 fully saturated rings. The first kappa shape index (κ1) is 12.5. The lowest BCUT2D eigenvalue weighted by molar-refractivity contribution is 0.557. The first-order valence-electron chi connectivity index (χ1n) is 4.88. The summed E-state index contributed by atoms with van der Waals surface area (Å²) >= 11 is 0. The molecule has 1 aromatic heterocycles. The van der Waals surface area contributed by atoms with Crippen LogP contribution in [0.15, 0.2) is 29.4 Å². The van der Waals surface area contributed by atoms with E-state index in [1.54, 1.807) is 0 Å². The Morgan fingerprint density at radius 2 is 2.22 bits per heavy atom. The highest BCUT2D eigenvalue weighted by atomic mass is 32.2. The minimum atomic E-state index is -4.04. The highest BCUT2D eigenvalue weighted by Gasteiger charge is 2.22. The zero-order valence-electron chi connectivity index (χ0n) is 9.09. The molecule has 0 saturated heterocycles. The summed E-state index contributed by atoms with van der Waals surface area (Å²) in [6, 6.07) is 3.67. The molecule has 0 atom stereocenters. The molecule has 0 bridgehead atoms. The summed E-state index contributed by atoms with van der Waals surface area (Å²) < 4.78 is 39.4. The van der Waals surface area contributed by atoms with E-state index in [4.69, 9.17) is 5.73 Å². The van der Waals surface area contributed by atoms with E-state index < -0.39 is 20.7 Å². The number of rotatable bonds is 4. The molecule has 0 aliphatic carbocycles. The molecule has 0 aliphatic rings. The van der Waals surface area contributed by atoms with Gasteiger partial charge in [0.15, 0.2) is 0 Å². The van der Waals surface area contributed by atoms with Gasteiger partial charge in [0, 0.05) is 0 Å². The Bertz CT molecular complexity index is 621. The summed E-state index contributed by atoms with van der Waals surface area (Å²) in [7, 11) is -4.04. The molecule has 0 amide bonds. The van der Waals surface area contributed by atoms with Crippen molar-refractivity contribution in [1.82, 2.24) is 19.9 Å². The molecule has 4 N–H and O–H groups in total. The van der Waals surface area contributed by atoms with E-state index in [-0.39, 0.29) is 12.2 Å². The number of hydrogen-bond acceptors (Lipinski definition) is 5. The zero-order chi connectivity index (χ0) is 13.2. The maximum atomic E-state index is 13.5. The van der Waals surface area contributed by atoms with Crippen LogP contribution in [0.25, 0.3) is 0 Å². The summed E-state index contributed by atoms with van der Waals surface area (Å²) in [5, 5.41) is 6.04. The van der Waals surface area contributed by atoms with Gasteiger partial charge in [-0.15, -0.1) is 0 Å². The highest BCUT2D eigenvalue weighted by molar-refractivity contribution is 7.89. The van der Waals surface area contributed by atoms with E-state index in [0.717, 1.165) is 6.07 Å². The summed E-state index contributed by atoms with van der Waals surface area (Å²) in [6.07, 6.45) is 1.24. The Labute approximate surface area is 102 Å². The first-order valence-corrected chi connectivity index (χ1v) is 6.37. The summed E-state index contributed by atoms with van der Waals surface area (Å²) in [6.45, 7) is -0.129. The van der Waals surface area contributed by atoms with Gasteiger partial charge in [-0.3, -0.25) is 5.10 Å². The van der Waals surface area contributed by atoms with Crippen LogP contribution in [0.5, 0.6) is 0 Å². The number of aromatic amines is 1. The molecule has 96 valence electrons. The van der Waals surface area contributed by atoms with Crippen molar-refractivity contribution < 1.29 is 12.8 Å². The van der Waals surface area contributed by atoms with Crippen LogP contribution in [-0.4, -0.2) is 23.6 Å². The van der Waals surface area contributed by atoms with Crippen molar-refractivity contribution in [3.05, 3.63) is 36.2 Å². The van der Waals surface area contributed by atoms with Crippen molar-refractivity contribution >= 4 is 15.7 Å². The predicted octanol–water partition coefficient (Wildman–Crippen LogP) is 0.00450. The number of H-pyrrole nitrogens is 1. The second-order valence-electron chi connectivity index (χ2n) is 3.41. The van der Waals surface area contributed by atoms with E-state index in [0.29, 0.717) is 5.82 Å². The zero-order valence-corrected chi connectivity index (χ0v) is 9.91. The van der Waals surface area contributed by atoms with Gasteiger partial charge in [0.1, 0.15) is 22.9 Å². The molecular formula is C9H10FN5O2S. The number of nitrogens with one attached hydrogen (secondary N) is 2. The summed E-state index contributed by atoms with van der Waals surface area (Å²) in [5.74, 6) is -0.589. The standard InChI is InChI=1S/C9H10FN5O2S/c10-6-2-1-3-7(11)9(6)18(16,17)14-4-8-12-5-13-15-8/h1-3,5,14H,4,11H2,(H,12,13,15). The third-order valence-electron chi connectivity index (χ3n) is 2.16. The smallest absolute Gasteiger partial charge is 0.245 e. The molecular weight excluding hydrogens is 261 g/mol. The maximum Gasteiger partial charge on any atom is 0.245 e. The minimum absolute atomic E-state index is 0.129. The van der Waals surface area contributed by atoms with Gasteiger partial charge < -0.3 is 5.73 Å². The normalized spacial score (nSPS) is 11.6. The van der Waals surface area contributed by atoms with Gasteiger partial charge in [0.2, 0.25) is 10.0 Å². The van der Waals surface area contributed by atoms with Gasteiger partial charge in [0.25, 0.3) is 0 Å². The van der Waals surface area contributed by atoms with Crippen LogP contribution in [0.1, 0.15) is 5.82 Å². The van der Waals surface area contributed by atoms with E-state index >= 15 is 0 Å². The molecule has 0 saturated carbocycles. The largest absolute Gasteiger partial charge is 0.398 e. The molecule has 1 heterocycles. The Hall–Kier alpha value is -2.00. The van der Waals surface area contributed by atoms with Crippen LogP contribution in [0, 0.1) is 5.82 Å². The van der Waals surface area contributed by atoms with Crippen LogP contribution in [-0.2, 0) is 16.6 Å². The van der Waals surface area contributed by atoms with Gasteiger partial charge in [-0.05, 0) is 12.1 Å². The Balaban J connectivity index is 2.26. The predicted molar refractivity (Wildman–Crippen MR) is 61.2 cm³/mol. The maximum absolute atomic E-state index is 13.5. The van der Waals surface area contributed by atoms with Crippen LogP contribution >= 0.6 is 0 Å². The van der Waals surface area contributed by atoms with Crippen LogP contribution in [0.3, 0.4) is 0 Å². The van der Waals surface area contributed by atoms with E-state index in [9.17, 15) is 12.8 Å². The Morgan fingerprint density at radius 3 is 2.83 bits per heavy atom. The average Bonchev–Trinajstić information content (AvgIpc) is 2.78. The second-order valence-corrected chi connectivity index (χ2v) is 5.12. The highest BCUT2D eigenvalue weighted by Crippen LogP contribution is 2.21. The van der Waals surface area contributed by atoms with Gasteiger partial charge in [-0.25, -0.2) is 22.5 Å². The molecule has 1 aromatic carbocycles. The quantitative estimate of drug-likeness (QED) is 0.677. The van der Waals surface area contributed by atoms with Crippen molar-refractivity contribution in [3.63, 3.8) is 0 Å². The molecule has 7 nitrogen and oxygen atoms in total. The van der Waals surface area contributed by atoms with Crippen LogP contribution in [0.2, 0.25) is 0 Å². The molecule has 0 radical (unpaired) electrons. The lowest BCUT2D eigenvalue weighted by Crippen LogP contribution is -2.25. The number of hydrogen-bond donors (Lipinski definition) is 3. The summed E-state index contributed by atoms with van der Waals surface area (Å²) in [4.78, 5) is 3.17. The Kier molecular flexibility index (Phi) is 3.26. The molecule has 18 heavy (non-hydrogen) atoms. The molecule has 0 aliphatic heterocycles. The molecule has 0 unspecified atom stereocenters. The fourth-order valence-corrected chi connectivity index (χ4v) is 2.53. The van der Waals surface area contributed by atoms with E-state index in [1.807, 2.05) is 0 Å². The van der Waals surface area contributed by atoms with E-state index in [1.165, 1.54) is 18.5 Å². The van der Waals surface area contributed by atoms with Gasteiger partial charge in [-0.1, -0.05) is 6.07 Å². The number of halogens is 1. The third-order valence-corrected chi connectivity index (χ3v) is 3.65. The van der Waals surface area contributed by atoms with Crippen molar-refractivity contribution in [2.45, 2.75) is 11.4 Å². The topological polar surface area (TPSA) is 114 Å². The molecule has 2 aromatic rings. The lowest BCUT2D eigenvalue weighted by Gasteiger charge is -2.08. The monoisotopic (exact) mass is 271 g/mol. The van der Waals surface area contributed by atoms with Gasteiger partial charge in [-0.2, -0.15) is 5.10 Å². The van der Waals surface area contributed by atoms with Crippen molar-refractivity contribution in [1.29, 1.82) is 0 Å². The number of benzene rings is 1. The number of sulfonamides is 1. The van der Waals surface area contributed by atoms with E-state index in [2.05, 4.69) is 19.9 Å². The third kappa shape index (κ3) is 2.46. The SMILES string of the molecule is Nc1cccc(F)c1S(=O)(=O)NCc1ncn[nH]1. The van der Waals surface area contributed by atoms with Crippen molar-refractivity contribution in [3.8, 4) is 0 Å². The number of anilines is 1. The number of nitrogen functional groups attached to an aromatic ring is 1. The first-order chi connectivity index (χ1) is 8.50. The number of nitrogens with zero attached hydrogens (tertiary/aromatic N) is 2. The van der Waals surface area contributed by atoms with Crippen LogP contribution in [0.4, 0.5) is 10.1 Å². The number of aromatic nitrogens is 3.